The zero-order valence-electron chi connectivity index (χ0n) is 18.5. The van der Waals surface area contributed by atoms with Crippen molar-refractivity contribution in [2.75, 3.05) is 5.73 Å². The monoisotopic (exact) mass is 428 g/mol. The van der Waals surface area contributed by atoms with Crippen LogP contribution in [0, 0.1) is 0 Å². The highest BCUT2D eigenvalue weighted by atomic mass is 16.5. The first-order valence-electron chi connectivity index (χ1n) is 11.4. The molecule has 6 nitrogen and oxygen atoms in total. The van der Waals surface area contributed by atoms with Crippen LogP contribution in [-0.2, 0) is 4.74 Å². The molecular weight excluding hydrogens is 400 g/mol. The number of hydrogen-bond donors (Lipinski definition) is 1. The lowest BCUT2D eigenvalue weighted by Gasteiger charge is -2.21. The number of nitrogen functional groups attached to an aromatic ring is 1. The third-order valence-electron chi connectivity index (χ3n) is 6.35. The lowest BCUT2D eigenvalue weighted by Crippen LogP contribution is -2.21. The Hall–Kier alpha value is -3.41. The van der Waals surface area contributed by atoms with E-state index in [9.17, 15) is 4.79 Å². The van der Waals surface area contributed by atoms with Crippen LogP contribution in [0.2, 0.25) is 0 Å². The second-order valence-electron chi connectivity index (χ2n) is 8.89. The van der Waals surface area contributed by atoms with Crippen LogP contribution in [0.1, 0.15) is 67.8 Å². The van der Waals surface area contributed by atoms with Crippen LogP contribution >= 0.6 is 0 Å². The number of rotatable bonds is 4. The molecule has 1 aliphatic rings. The number of nitrogens with two attached hydrogens (primary N) is 1. The fraction of sp³-hybridized carbons (Fsp3) is 0.346. The van der Waals surface area contributed by atoms with Crippen molar-refractivity contribution in [1.82, 2.24) is 14.5 Å². The average molecular weight is 429 g/mol. The second kappa shape index (κ2) is 8.26. The van der Waals surface area contributed by atoms with E-state index in [0.717, 1.165) is 42.4 Å². The van der Waals surface area contributed by atoms with Crippen molar-refractivity contribution >= 4 is 34.0 Å². The molecule has 0 aliphatic heterocycles. The van der Waals surface area contributed by atoms with Crippen molar-refractivity contribution in [1.29, 1.82) is 0 Å². The molecule has 6 heteroatoms. The van der Waals surface area contributed by atoms with Gasteiger partial charge in [-0.3, -0.25) is 4.57 Å². The minimum Gasteiger partial charge on any atom is -0.459 e. The van der Waals surface area contributed by atoms with Gasteiger partial charge in [-0.2, -0.15) is 0 Å². The summed E-state index contributed by atoms with van der Waals surface area (Å²) in [6.07, 6.45) is 5.10. The van der Waals surface area contributed by atoms with Crippen LogP contribution in [-0.4, -0.2) is 26.6 Å². The SMILES string of the molecule is CC(C)c1ccc(-n2c(N)c(C(=O)OC3CCCCC3)c3nc4ccccc4nc32)cc1. The van der Waals surface area contributed by atoms with Gasteiger partial charge in [-0.25, -0.2) is 14.8 Å². The number of anilines is 1. The Balaban J connectivity index is 1.68. The Morgan fingerprint density at radius 2 is 1.66 bits per heavy atom. The number of para-hydroxylation sites is 2. The van der Waals surface area contributed by atoms with Crippen LogP contribution in [0.15, 0.2) is 48.5 Å². The normalized spacial score (nSPS) is 15.0. The standard InChI is InChI=1S/C26H28N4O2/c1-16(2)17-12-14-18(15-13-17)30-24(27)22(26(31)32-19-8-4-3-5-9-19)23-25(30)29-21-11-7-6-10-20(21)28-23/h6-7,10-16,19H,3-5,8-9,27H2,1-2H3. The van der Waals surface area contributed by atoms with Gasteiger partial charge in [0.25, 0.3) is 0 Å². The van der Waals surface area contributed by atoms with Gasteiger partial charge in [0.15, 0.2) is 5.65 Å². The molecule has 2 aromatic carbocycles. The van der Waals surface area contributed by atoms with Crippen LogP contribution < -0.4 is 5.73 Å². The van der Waals surface area contributed by atoms with Crippen molar-refractivity contribution in [3.8, 4) is 5.69 Å². The number of esters is 1. The van der Waals surface area contributed by atoms with Crippen molar-refractivity contribution in [3.05, 3.63) is 59.7 Å². The number of benzene rings is 2. The van der Waals surface area contributed by atoms with Crippen molar-refractivity contribution < 1.29 is 9.53 Å². The maximum atomic E-state index is 13.3. The number of aromatic nitrogens is 3. The maximum Gasteiger partial charge on any atom is 0.344 e. The van der Waals surface area contributed by atoms with E-state index in [2.05, 4.69) is 26.0 Å². The van der Waals surface area contributed by atoms with Crippen LogP contribution in [0.5, 0.6) is 0 Å². The molecule has 0 amide bonds. The molecule has 0 saturated heterocycles. The highest BCUT2D eigenvalue weighted by molar-refractivity contribution is 6.09. The van der Waals surface area contributed by atoms with Gasteiger partial charge in [0.1, 0.15) is 23.0 Å². The molecule has 2 N–H and O–H groups in total. The van der Waals surface area contributed by atoms with Gasteiger partial charge in [0, 0.05) is 5.69 Å². The number of carbonyl (C=O) groups excluding carboxylic acids is 1. The Labute approximate surface area is 187 Å². The Morgan fingerprint density at radius 1 is 1.00 bits per heavy atom. The Morgan fingerprint density at radius 3 is 2.31 bits per heavy atom. The molecule has 0 radical (unpaired) electrons. The highest BCUT2D eigenvalue weighted by Gasteiger charge is 2.28. The smallest absolute Gasteiger partial charge is 0.344 e. The van der Waals surface area contributed by atoms with Gasteiger partial charge >= 0.3 is 5.97 Å². The first-order chi connectivity index (χ1) is 15.5. The summed E-state index contributed by atoms with van der Waals surface area (Å²) >= 11 is 0. The van der Waals surface area contributed by atoms with Crippen LogP contribution in [0.25, 0.3) is 27.9 Å². The minimum atomic E-state index is -0.415. The number of fused-ring (bicyclic) bond motifs is 2. The molecule has 0 unspecified atom stereocenters. The summed E-state index contributed by atoms with van der Waals surface area (Å²) in [6.45, 7) is 4.32. The lowest BCUT2D eigenvalue weighted by molar-refractivity contribution is 0.0214. The summed E-state index contributed by atoms with van der Waals surface area (Å²) in [7, 11) is 0. The molecule has 2 aromatic heterocycles. The first kappa shape index (κ1) is 20.5. The topological polar surface area (TPSA) is 83.0 Å². The zero-order valence-corrected chi connectivity index (χ0v) is 18.5. The van der Waals surface area contributed by atoms with E-state index in [1.807, 2.05) is 41.0 Å². The van der Waals surface area contributed by atoms with Gasteiger partial charge in [0.05, 0.1) is 11.0 Å². The molecule has 0 spiro atoms. The fourth-order valence-electron chi connectivity index (χ4n) is 4.53. The van der Waals surface area contributed by atoms with Crippen molar-refractivity contribution in [2.45, 2.75) is 58.0 Å². The highest BCUT2D eigenvalue weighted by Crippen LogP contribution is 2.33. The largest absolute Gasteiger partial charge is 0.459 e. The van der Waals surface area contributed by atoms with Crippen LogP contribution in [0.3, 0.4) is 0 Å². The van der Waals surface area contributed by atoms with Gasteiger partial charge in [-0.05, 0) is 61.4 Å². The molecule has 4 aromatic rings. The van der Waals surface area contributed by atoms with E-state index >= 15 is 0 Å². The maximum absolute atomic E-state index is 13.3. The number of nitrogens with zero attached hydrogens (tertiary/aromatic N) is 3. The lowest BCUT2D eigenvalue weighted by atomic mass is 9.98. The van der Waals surface area contributed by atoms with E-state index < -0.39 is 5.97 Å². The van der Waals surface area contributed by atoms with E-state index in [1.165, 1.54) is 12.0 Å². The Kier molecular flexibility index (Phi) is 5.29. The van der Waals surface area contributed by atoms with Gasteiger partial charge in [-0.15, -0.1) is 0 Å². The third kappa shape index (κ3) is 3.60. The van der Waals surface area contributed by atoms with Crippen LogP contribution in [0.4, 0.5) is 5.82 Å². The van der Waals surface area contributed by atoms with Crippen molar-refractivity contribution in [2.24, 2.45) is 0 Å². The minimum absolute atomic E-state index is 0.0622. The quantitative estimate of drug-likeness (QED) is 0.417. The summed E-state index contributed by atoms with van der Waals surface area (Å²) < 4.78 is 7.69. The van der Waals surface area contributed by atoms with Gasteiger partial charge < -0.3 is 10.5 Å². The molecule has 1 aliphatic carbocycles. The van der Waals surface area contributed by atoms with Gasteiger partial charge in [-0.1, -0.05) is 44.5 Å². The van der Waals surface area contributed by atoms with E-state index in [1.54, 1.807) is 0 Å². The number of carbonyl (C=O) groups is 1. The molecule has 32 heavy (non-hydrogen) atoms. The van der Waals surface area contributed by atoms with Crippen molar-refractivity contribution in [3.63, 3.8) is 0 Å². The number of hydrogen-bond acceptors (Lipinski definition) is 5. The molecule has 1 fully saturated rings. The molecule has 0 bridgehead atoms. The number of ether oxygens (including phenoxy) is 1. The predicted molar refractivity (Wildman–Crippen MR) is 127 cm³/mol. The fourth-order valence-corrected chi connectivity index (χ4v) is 4.53. The summed E-state index contributed by atoms with van der Waals surface area (Å²) in [5.41, 5.74) is 11.5. The molecule has 1 saturated carbocycles. The molecule has 2 heterocycles. The average Bonchev–Trinajstić information content (AvgIpc) is 3.09. The summed E-state index contributed by atoms with van der Waals surface area (Å²) in [6, 6.07) is 15.8. The first-order valence-corrected chi connectivity index (χ1v) is 11.4. The second-order valence-corrected chi connectivity index (χ2v) is 8.89. The summed E-state index contributed by atoms with van der Waals surface area (Å²) in [5.74, 6) is 0.322. The Bertz CT molecular complexity index is 1280. The molecule has 5 rings (SSSR count). The van der Waals surface area contributed by atoms with E-state index in [-0.39, 0.29) is 6.10 Å². The zero-order chi connectivity index (χ0) is 22.2. The third-order valence-corrected chi connectivity index (χ3v) is 6.35. The summed E-state index contributed by atoms with van der Waals surface area (Å²) in [5, 5.41) is 0. The molecule has 164 valence electrons. The van der Waals surface area contributed by atoms with E-state index in [0.29, 0.717) is 28.5 Å². The predicted octanol–water partition coefficient (Wildman–Crippen LogP) is 5.77. The molecular formula is C26H28N4O2. The van der Waals surface area contributed by atoms with E-state index in [4.69, 9.17) is 20.4 Å². The van der Waals surface area contributed by atoms with Gasteiger partial charge in [0.2, 0.25) is 0 Å². The summed E-state index contributed by atoms with van der Waals surface area (Å²) in [4.78, 5) is 22.9. The molecule has 0 atom stereocenters.